The van der Waals surface area contributed by atoms with Crippen LogP contribution >= 0.6 is 0 Å². The Morgan fingerprint density at radius 1 is 1.24 bits per heavy atom. The number of amides is 1. The van der Waals surface area contributed by atoms with E-state index in [-0.39, 0.29) is 42.2 Å². The zero-order valence-electron chi connectivity index (χ0n) is 18.3. The highest BCUT2D eigenvalue weighted by atomic mass is 19.3. The maximum absolute atomic E-state index is 14.0. The second kappa shape index (κ2) is 9.79. The third-order valence-electron chi connectivity index (χ3n) is 4.65. The summed E-state index contributed by atoms with van der Waals surface area (Å²) in [6.07, 6.45) is 2.81. The molecule has 10 nitrogen and oxygen atoms in total. The van der Waals surface area contributed by atoms with Gasteiger partial charge in [-0.25, -0.2) is 9.97 Å². The fourth-order valence-electron chi connectivity index (χ4n) is 2.96. The molecule has 1 aliphatic carbocycles. The van der Waals surface area contributed by atoms with Gasteiger partial charge in [-0.1, -0.05) is 0 Å². The summed E-state index contributed by atoms with van der Waals surface area (Å²) in [5, 5.41) is 5.54. The molecule has 1 amide bonds. The summed E-state index contributed by atoms with van der Waals surface area (Å²) in [6.45, 7) is 3.64. The lowest BCUT2D eigenvalue weighted by Gasteiger charge is -2.23. The minimum absolute atomic E-state index is 0.0324. The number of anilines is 3. The smallest absolute Gasteiger partial charge is 0.304 e. The average Bonchev–Trinajstić information content (AvgIpc) is 3.57. The average molecular weight is 465 g/mol. The molecule has 1 saturated heterocycles. The number of carbonyl (C=O) groups excluding carboxylic acids is 1. The van der Waals surface area contributed by atoms with Crippen LogP contribution in [0.4, 0.5) is 26.1 Å². The lowest BCUT2D eigenvalue weighted by atomic mass is 10.3. The molecule has 1 saturated carbocycles. The van der Waals surface area contributed by atoms with Crippen LogP contribution in [0.2, 0.25) is 0 Å². The largest absolute Gasteiger partial charge is 0.487 e. The molecule has 12 heteroatoms. The summed E-state index contributed by atoms with van der Waals surface area (Å²) in [5.41, 5.74) is 0.354. The lowest BCUT2D eigenvalue weighted by molar-refractivity contribution is -0.114. The number of hydrogen-bond acceptors (Lipinski definition) is 9. The quantitative estimate of drug-likeness (QED) is 0.576. The minimum atomic E-state index is -3.27. The van der Waals surface area contributed by atoms with Gasteiger partial charge in [-0.2, -0.15) is 13.8 Å². The lowest BCUT2D eigenvalue weighted by Crippen LogP contribution is -2.33. The maximum atomic E-state index is 14.0. The molecule has 1 aliphatic heterocycles. The molecule has 2 N–H and O–H groups in total. The molecule has 0 aromatic carbocycles. The summed E-state index contributed by atoms with van der Waals surface area (Å²) >= 11 is 0. The first-order valence-corrected chi connectivity index (χ1v) is 10.6. The predicted molar refractivity (Wildman–Crippen MR) is 113 cm³/mol. The van der Waals surface area contributed by atoms with Crippen molar-refractivity contribution in [3.8, 4) is 11.6 Å². The number of halogens is 2. The summed E-state index contributed by atoms with van der Waals surface area (Å²) in [4.78, 5) is 23.4. The topological polar surface area (TPSA) is 117 Å². The number of alkyl halides is 2. The molecule has 2 aliphatic rings. The number of aromatic nitrogens is 3. The third kappa shape index (κ3) is 6.68. The zero-order valence-corrected chi connectivity index (χ0v) is 18.3. The monoisotopic (exact) mass is 465 g/mol. The molecule has 0 spiro atoms. The number of hydrogen-bond donors (Lipinski definition) is 2. The van der Waals surface area contributed by atoms with E-state index in [0.29, 0.717) is 31.3 Å². The first-order chi connectivity index (χ1) is 15.8. The van der Waals surface area contributed by atoms with Crippen LogP contribution in [0.5, 0.6) is 11.6 Å². The van der Waals surface area contributed by atoms with Crippen molar-refractivity contribution < 1.29 is 32.5 Å². The summed E-state index contributed by atoms with van der Waals surface area (Å²) in [5.74, 6) is -3.56. The molecule has 2 fully saturated rings. The van der Waals surface area contributed by atoms with Gasteiger partial charge in [-0.05, 0) is 12.8 Å². The van der Waals surface area contributed by atoms with Crippen molar-refractivity contribution in [2.24, 2.45) is 0 Å². The Balaban J connectivity index is 1.60. The van der Waals surface area contributed by atoms with Crippen molar-refractivity contribution >= 4 is 23.2 Å². The van der Waals surface area contributed by atoms with Crippen molar-refractivity contribution in [1.29, 1.82) is 0 Å². The molecule has 3 heterocycles. The molecule has 2 aromatic rings. The van der Waals surface area contributed by atoms with E-state index in [1.807, 2.05) is 0 Å². The van der Waals surface area contributed by atoms with Crippen LogP contribution in [0, 0.1) is 0 Å². The SMILES string of the molecule is CC(=O)Nc1cc(Nc2cc(OC3CC3)nc(C(C)(F)F)n2)c(OC[C@@H]2COCCO2)cn1. The van der Waals surface area contributed by atoms with Crippen molar-refractivity contribution in [1.82, 2.24) is 15.0 Å². The van der Waals surface area contributed by atoms with Crippen molar-refractivity contribution in [2.75, 3.05) is 37.1 Å². The molecule has 1 atom stereocenters. The Kier molecular flexibility index (Phi) is 6.84. The number of nitrogens with zero attached hydrogens (tertiary/aromatic N) is 3. The maximum Gasteiger partial charge on any atom is 0.304 e. The highest BCUT2D eigenvalue weighted by Gasteiger charge is 2.31. The first-order valence-electron chi connectivity index (χ1n) is 10.6. The molecular formula is C21H25F2N5O5. The molecular weight excluding hydrogens is 440 g/mol. The summed E-state index contributed by atoms with van der Waals surface area (Å²) in [6, 6.07) is 2.95. The Bertz CT molecular complexity index is 993. The van der Waals surface area contributed by atoms with Crippen LogP contribution < -0.4 is 20.1 Å². The zero-order chi connectivity index (χ0) is 23.4. The molecule has 33 heavy (non-hydrogen) atoms. The van der Waals surface area contributed by atoms with Gasteiger partial charge in [0.25, 0.3) is 0 Å². The second-order valence-electron chi connectivity index (χ2n) is 7.87. The van der Waals surface area contributed by atoms with Crippen molar-refractivity contribution in [3.05, 3.63) is 24.2 Å². The Morgan fingerprint density at radius 3 is 2.73 bits per heavy atom. The highest BCUT2D eigenvalue weighted by molar-refractivity contribution is 5.88. The number of rotatable bonds is 9. The Morgan fingerprint density at radius 2 is 2.06 bits per heavy atom. The van der Waals surface area contributed by atoms with E-state index >= 15 is 0 Å². The van der Waals surface area contributed by atoms with Gasteiger partial charge in [0.05, 0.1) is 31.7 Å². The van der Waals surface area contributed by atoms with Crippen LogP contribution in [-0.4, -0.2) is 59.5 Å². The van der Waals surface area contributed by atoms with Crippen molar-refractivity contribution in [3.63, 3.8) is 0 Å². The Labute approximate surface area is 189 Å². The highest BCUT2D eigenvalue weighted by Crippen LogP contribution is 2.34. The fraction of sp³-hybridized carbons (Fsp3) is 0.524. The molecule has 0 unspecified atom stereocenters. The second-order valence-corrected chi connectivity index (χ2v) is 7.87. The van der Waals surface area contributed by atoms with Gasteiger partial charge in [0.15, 0.2) is 5.75 Å². The van der Waals surface area contributed by atoms with E-state index in [1.54, 1.807) is 0 Å². The van der Waals surface area contributed by atoms with E-state index in [9.17, 15) is 13.6 Å². The molecule has 2 aromatic heterocycles. The van der Waals surface area contributed by atoms with Gasteiger partial charge in [-0.15, -0.1) is 0 Å². The van der Waals surface area contributed by atoms with Gasteiger partial charge in [0.1, 0.15) is 30.5 Å². The van der Waals surface area contributed by atoms with E-state index in [2.05, 4.69) is 25.6 Å². The fourth-order valence-corrected chi connectivity index (χ4v) is 2.96. The number of nitrogens with one attached hydrogen (secondary N) is 2. The van der Waals surface area contributed by atoms with Gasteiger partial charge in [0.2, 0.25) is 17.6 Å². The molecule has 4 rings (SSSR count). The van der Waals surface area contributed by atoms with Crippen molar-refractivity contribution in [2.45, 2.75) is 44.8 Å². The number of carbonyl (C=O) groups is 1. The molecule has 0 radical (unpaired) electrons. The normalized spacial score (nSPS) is 18.5. The third-order valence-corrected chi connectivity index (χ3v) is 4.65. The first kappa shape index (κ1) is 23.1. The van der Waals surface area contributed by atoms with E-state index in [4.69, 9.17) is 18.9 Å². The van der Waals surface area contributed by atoms with Gasteiger partial charge in [0, 0.05) is 26.0 Å². The number of ether oxygens (including phenoxy) is 4. The van der Waals surface area contributed by atoms with Crippen LogP contribution in [0.15, 0.2) is 18.3 Å². The summed E-state index contributed by atoms with van der Waals surface area (Å²) in [7, 11) is 0. The molecule has 0 bridgehead atoms. The molecule has 178 valence electrons. The predicted octanol–water partition coefficient (Wildman–Crippen LogP) is 3.02. The van der Waals surface area contributed by atoms with E-state index in [1.165, 1.54) is 25.3 Å². The van der Waals surface area contributed by atoms with Crippen LogP contribution in [-0.2, 0) is 20.2 Å². The van der Waals surface area contributed by atoms with Crippen LogP contribution in [0.1, 0.15) is 32.5 Å². The van der Waals surface area contributed by atoms with Crippen LogP contribution in [0.3, 0.4) is 0 Å². The van der Waals surface area contributed by atoms with Gasteiger partial charge >= 0.3 is 5.92 Å². The van der Waals surface area contributed by atoms with Crippen LogP contribution in [0.25, 0.3) is 0 Å². The number of pyridine rings is 1. The van der Waals surface area contributed by atoms with Gasteiger partial charge in [-0.3, -0.25) is 4.79 Å². The van der Waals surface area contributed by atoms with E-state index < -0.39 is 11.7 Å². The Hall–Kier alpha value is -3.12. The standard InChI is InChI=1S/C21H25F2N5O5/c1-12(29)25-17-7-15(16(9-24-17)32-11-14-10-30-5-6-31-14)26-18-8-19(33-13-3-4-13)28-20(27-18)21(2,22)23/h7-9,13-14H,3-6,10-11H2,1-2H3,(H2,24,25,26,27,28,29)/t14-/m0/s1. The minimum Gasteiger partial charge on any atom is -0.487 e. The van der Waals surface area contributed by atoms with E-state index in [0.717, 1.165) is 19.8 Å². The summed E-state index contributed by atoms with van der Waals surface area (Å²) < 4.78 is 50.4. The van der Waals surface area contributed by atoms with Gasteiger partial charge < -0.3 is 29.6 Å².